The second-order valence-corrected chi connectivity index (χ2v) is 5.02. The van der Waals surface area contributed by atoms with Crippen LogP contribution in [0.3, 0.4) is 0 Å². The monoisotopic (exact) mass is 299 g/mol. The van der Waals surface area contributed by atoms with Crippen LogP contribution in [0.15, 0.2) is 52.1 Å². The predicted octanol–water partition coefficient (Wildman–Crippen LogP) is 0.979. The number of aromatic nitrogens is 1. The molecule has 0 saturated carbocycles. The van der Waals surface area contributed by atoms with Crippen molar-refractivity contribution >= 4 is 5.84 Å². The van der Waals surface area contributed by atoms with Gasteiger partial charge in [-0.2, -0.15) is 0 Å². The first-order chi connectivity index (χ1) is 10.6. The van der Waals surface area contributed by atoms with Crippen molar-refractivity contribution in [2.45, 2.75) is 12.2 Å². The fourth-order valence-corrected chi connectivity index (χ4v) is 2.22. The lowest BCUT2D eigenvalue weighted by Crippen LogP contribution is -2.54. The third-order valence-corrected chi connectivity index (χ3v) is 3.30. The summed E-state index contributed by atoms with van der Waals surface area (Å²) >= 11 is 0. The molecule has 1 aromatic heterocycles. The molecule has 0 aliphatic carbocycles. The van der Waals surface area contributed by atoms with E-state index in [-0.39, 0.29) is 0 Å². The molecule has 0 spiro atoms. The van der Waals surface area contributed by atoms with Gasteiger partial charge in [-0.05, 0) is 30.3 Å². The van der Waals surface area contributed by atoms with E-state index in [1.165, 1.54) is 0 Å². The van der Waals surface area contributed by atoms with Crippen LogP contribution in [-0.2, 0) is 6.42 Å². The summed E-state index contributed by atoms with van der Waals surface area (Å²) in [5.74, 6) is 0.760. The molecule has 1 aliphatic rings. The normalized spacial score (nSPS) is 20.4. The van der Waals surface area contributed by atoms with Crippen molar-refractivity contribution in [3.05, 3.63) is 48.4 Å². The first kappa shape index (κ1) is 14.2. The van der Waals surface area contributed by atoms with E-state index in [4.69, 9.17) is 20.7 Å². The summed E-state index contributed by atoms with van der Waals surface area (Å²) in [7, 11) is 1.63. The highest BCUT2D eigenvalue weighted by Crippen LogP contribution is 2.23. The summed E-state index contributed by atoms with van der Waals surface area (Å²) in [6.07, 6.45) is 3.65. The fraction of sp³-hybridized carbons (Fsp3) is 0.200. The van der Waals surface area contributed by atoms with E-state index < -0.39 is 5.79 Å². The van der Waals surface area contributed by atoms with Crippen molar-refractivity contribution < 1.29 is 9.26 Å². The number of amidine groups is 1. The number of ether oxygens (including phenoxy) is 1. The van der Waals surface area contributed by atoms with Crippen molar-refractivity contribution in [3.63, 3.8) is 0 Å². The van der Waals surface area contributed by atoms with Gasteiger partial charge in [-0.25, -0.2) is 4.99 Å². The number of hydrogen-bond acceptors (Lipinski definition) is 7. The molecule has 0 saturated heterocycles. The molecular formula is C15H17N5O2. The molecule has 0 radical (unpaired) electrons. The Morgan fingerprint density at radius 3 is 2.77 bits per heavy atom. The van der Waals surface area contributed by atoms with Crippen molar-refractivity contribution in [3.8, 4) is 17.0 Å². The van der Waals surface area contributed by atoms with Crippen LogP contribution in [0, 0.1) is 0 Å². The SMILES string of the molecule is COc1ccc(-c2cc(CC3(N)N=C(N)C=CN3)on2)cc1. The van der Waals surface area contributed by atoms with Crippen LogP contribution in [0.1, 0.15) is 5.76 Å². The predicted molar refractivity (Wildman–Crippen MR) is 83.0 cm³/mol. The lowest BCUT2D eigenvalue weighted by atomic mass is 10.1. The molecule has 0 amide bonds. The molecular weight excluding hydrogens is 282 g/mol. The van der Waals surface area contributed by atoms with Gasteiger partial charge in [-0.15, -0.1) is 0 Å². The molecule has 5 N–H and O–H groups in total. The zero-order chi connectivity index (χ0) is 15.6. The number of nitrogens with zero attached hydrogens (tertiary/aromatic N) is 2. The highest BCUT2D eigenvalue weighted by Gasteiger charge is 2.27. The Bertz CT molecular complexity index is 720. The lowest BCUT2D eigenvalue weighted by Gasteiger charge is -2.27. The Hall–Kier alpha value is -2.80. The Balaban J connectivity index is 1.77. The average Bonchev–Trinajstić information content (AvgIpc) is 2.95. The molecule has 2 aromatic rings. The molecule has 22 heavy (non-hydrogen) atoms. The fourth-order valence-electron chi connectivity index (χ4n) is 2.22. The average molecular weight is 299 g/mol. The number of rotatable bonds is 4. The minimum absolute atomic E-state index is 0.335. The van der Waals surface area contributed by atoms with Gasteiger partial charge < -0.3 is 20.3 Å². The van der Waals surface area contributed by atoms with Crippen LogP contribution in [0.4, 0.5) is 0 Å². The number of hydrogen-bond donors (Lipinski definition) is 3. The van der Waals surface area contributed by atoms with Gasteiger partial charge in [-0.3, -0.25) is 5.73 Å². The van der Waals surface area contributed by atoms with Crippen LogP contribution in [0.2, 0.25) is 0 Å². The third kappa shape index (κ3) is 2.94. The van der Waals surface area contributed by atoms with Crippen molar-refractivity contribution in [1.29, 1.82) is 0 Å². The molecule has 0 fully saturated rings. The summed E-state index contributed by atoms with van der Waals surface area (Å²) in [5, 5.41) is 7.02. The van der Waals surface area contributed by atoms with Gasteiger partial charge in [0, 0.05) is 17.8 Å². The number of benzene rings is 1. The quantitative estimate of drug-likeness (QED) is 0.776. The largest absolute Gasteiger partial charge is 0.497 e. The molecule has 114 valence electrons. The first-order valence-electron chi connectivity index (χ1n) is 6.76. The molecule has 1 unspecified atom stereocenters. The molecule has 2 heterocycles. The lowest BCUT2D eigenvalue weighted by molar-refractivity contribution is 0.318. The number of nitrogens with one attached hydrogen (secondary N) is 1. The second-order valence-electron chi connectivity index (χ2n) is 5.02. The smallest absolute Gasteiger partial charge is 0.191 e. The molecule has 0 bridgehead atoms. The number of methoxy groups -OCH3 is 1. The van der Waals surface area contributed by atoms with Crippen LogP contribution in [0.25, 0.3) is 11.3 Å². The summed E-state index contributed by atoms with van der Waals surface area (Å²) in [6.45, 7) is 0. The molecule has 1 atom stereocenters. The third-order valence-electron chi connectivity index (χ3n) is 3.30. The summed E-state index contributed by atoms with van der Waals surface area (Å²) in [4.78, 5) is 4.18. The van der Waals surface area contributed by atoms with E-state index in [0.717, 1.165) is 17.0 Å². The van der Waals surface area contributed by atoms with Crippen molar-refractivity contribution in [2.75, 3.05) is 7.11 Å². The zero-order valence-electron chi connectivity index (χ0n) is 12.1. The maximum Gasteiger partial charge on any atom is 0.191 e. The minimum Gasteiger partial charge on any atom is -0.497 e. The van der Waals surface area contributed by atoms with Gasteiger partial charge in [0.25, 0.3) is 0 Å². The summed E-state index contributed by atoms with van der Waals surface area (Å²) < 4.78 is 10.5. The second kappa shape index (κ2) is 5.53. The molecule has 7 heteroatoms. The highest BCUT2D eigenvalue weighted by atomic mass is 16.5. The standard InChI is InChI=1S/C15H17N5O2/c1-21-11-4-2-10(3-5-11)13-8-12(22-20-13)9-15(17)18-7-6-14(16)19-15/h2-8,18H,9,17H2,1H3,(H2,16,19). The van der Waals surface area contributed by atoms with E-state index in [1.54, 1.807) is 19.4 Å². The van der Waals surface area contributed by atoms with E-state index in [2.05, 4.69) is 15.5 Å². The number of nitrogens with two attached hydrogens (primary N) is 2. The van der Waals surface area contributed by atoms with Gasteiger partial charge in [0.1, 0.15) is 23.0 Å². The molecule has 3 rings (SSSR count). The maximum atomic E-state index is 6.13. The minimum atomic E-state index is -1.02. The van der Waals surface area contributed by atoms with Crippen LogP contribution < -0.4 is 21.5 Å². The zero-order valence-corrected chi connectivity index (χ0v) is 12.1. The summed E-state index contributed by atoms with van der Waals surface area (Å²) in [6, 6.07) is 9.40. The van der Waals surface area contributed by atoms with Crippen molar-refractivity contribution in [2.24, 2.45) is 16.5 Å². The van der Waals surface area contributed by atoms with Crippen LogP contribution in [0.5, 0.6) is 5.75 Å². The molecule has 7 nitrogen and oxygen atoms in total. The first-order valence-corrected chi connectivity index (χ1v) is 6.76. The molecule has 1 aromatic carbocycles. The van der Waals surface area contributed by atoms with Gasteiger partial charge in [0.15, 0.2) is 5.79 Å². The van der Waals surface area contributed by atoms with E-state index in [1.807, 2.05) is 30.3 Å². The number of aliphatic imine (C=N–C) groups is 1. The van der Waals surface area contributed by atoms with Crippen LogP contribution in [-0.4, -0.2) is 23.9 Å². The van der Waals surface area contributed by atoms with Crippen molar-refractivity contribution in [1.82, 2.24) is 10.5 Å². The van der Waals surface area contributed by atoms with E-state index >= 15 is 0 Å². The van der Waals surface area contributed by atoms with Gasteiger partial charge in [0.05, 0.1) is 13.5 Å². The Morgan fingerprint density at radius 2 is 2.09 bits per heavy atom. The molecule has 1 aliphatic heterocycles. The van der Waals surface area contributed by atoms with Gasteiger partial charge >= 0.3 is 0 Å². The van der Waals surface area contributed by atoms with Gasteiger partial charge in [0.2, 0.25) is 0 Å². The van der Waals surface area contributed by atoms with Gasteiger partial charge in [-0.1, -0.05) is 5.16 Å². The Labute approximate surface area is 127 Å². The highest BCUT2D eigenvalue weighted by molar-refractivity contribution is 5.92. The summed E-state index contributed by atoms with van der Waals surface area (Å²) in [5.41, 5.74) is 13.5. The maximum absolute atomic E-state index is 6.13. The Morgan fingerprint density at radius 1 is 1.32 bits per heavy atom. The van der Waals surface area contributed by atoms with Crippen LogP contribution >= 0.6 is 0 Å². The Kier molecular flexibility index (Phi) is 3.56. The van der Waals surface area contributed by atoms with E-state index in [9.17, 15) is 0 Å². The topological polar surface area (TPSA) is 112 Å². The van der Waals surface area contributed by atoms with E-state index in [0.29, 0.717) is 18.0 Å².